The predicted octanol–water partition coefficient (Wildman–Crippen LogP) is 3.20. The van der Waals surface area contributed by atoms with Gasteiger partial charge in [0, 0.05) is 21.8 Å². The Hall–Kier alpha value is -0.380. The smallest absolute Gasteiger partial charge is 0.0299 e. The van der Waals surface area contributed by atoms with Crippen molar-refractivity contribution < 1.29 is 0 Å². The highest BCUT2D eigenvalue weighted by Crippen LogP contribution is 2.28. The van der Waals surface area contributed by atoms with Crippen LogP contribution in [-0.2, 0) is 6.54 Å². The molecule has 0 amide bonds. The van der Waals surface area contributed by atoms with Gasteiger partial charge in [-0.25, -0.2) is 0 Å². The Balaban J connectivity index is 1.65. The molecule has 1 fully saturated rings. The topological polar surface area (TPSA) is 38.0 Å². The van der Waals surface area contributed by atoms with Gasteiger partial charge >= 0.3 is 0 Å². The van der Waals surface area contributed by atoms with Gasteiger partial charge in [0.15, 0.2) is 0 Å². The Labute approximate surface area is 109 Å². The van der Waals surface area contributed by atoms with E-state index in [4.69, 9.17) is 5.73 Å². The molecular weight excluding hydrogens is 228 g/mol. The van der Waals surface area contributed by atoms with E-state index in [1.54, 1.807) is 0 Å². The average molecular weight is 252 g/mol. The number of thiophene rings is 1. The van der Waals surface area contributed by atoms with Crippen molar-refractivity contribution in [1.29, 1.82) is 0 Å². The highest BCUT2D eigenvalue weighted by molar-refractivity contribution is 7.11. The van der Waals surface area contributed by atoms with Crippen LogP contribution < -0.4 is 11.1 Å². The van der Waals surface area contributed by atoms with Gasteiger partial charge in [-0.1, -0.05) is 19.3 Å². The van der Waals surface area contributed by atoms with E-state index in [1.807, 2.05) is 11.3 Å². The minimum Gasteiger partial charge on any atom is -0.325 e. The number of hydrogen-bond acceptors (Lipinski definition) is 3. The normalized spacial score (nSPS) is 19.4. The highest BCUT2D eigenvalue weighted by Gasteiger charge is 2.26. The fourth-order valence-corrected chi connectivity index (χ4v) is 3.49. The molecule has 0 atom stereocenters. The first kappa shape index (κ1) is 13.1. The molecule has 0 bridgehead atoms. The maximum absolute atomic E-state index is 6.41. The molecule has 1 aliphatic carbocycles. The second-order valence-electron chi connectivity index (χ2n) is 5.36. The lowest BCUT2D eigenvalue weighted by Gasteiger charge is -2.33. The van der Waals surface area contributed by atoms with E-state index < -0.39 is 0 Å². The summed E-state index contributed by atoms with van der Waals surface area (Å²) in [6, 6.07) is 4.40. The third-order valence-electron chi connectivity index (χ3n) is 3.74. The van der Waals surface area contributed by atoms with E-state index in [2.05, 4.69) is 24.4 Å². The lowest BCUT2D eigenvalue weighted by molar-refractivity contribution is 0.275. The Morgan fingerprint density at radius 1 is 1.29 bits per heavy atom. The Morgan fingerprint density at radius 2 is 2.06 bits per heavy atom. The third kappa shape index (κ3) is 4.09. The van der Waals surface area contributed by atoms with Gasteiger partial charge in [0.2, 0.25) is 0 Å². The van der Waals surface area contributed by atoms with Crippen molar-refractivity contribution in [3.63, 3.8) is 0 Å². The monoisotopic (exact) mass is 252 g/mol. The van der Waals surface area contributed by atoms with Gasteiger partial charge in [-0.15, -0.1) is 11.3 Å². The van der Waals surface area contributed by atoms with Crippen molar-refractivity contribution in [3.8, 4) is 0 Å². The van der Waals surface area contributed by atoms with Crippen LogP contribution in [0.5, 0.6) is 0 Å². The molecule has 17 heavy (non-hydrogen) atoms. The molecule has 0 aliphatic heterocycles. The molecule has 0 aromatic carbocycles. The molecule has 0 radical (unpaired) electrons. The van der Waals surface area contributed by atoms with Gasteiger partial charge in [0.1, 0.15) is 0 Å². The first-order chi connectivity index (χ1) is 8.18. The molecule has 1 aliphatic rings. The summed E-state index contributed by atoms with van der Waals surface area (Å²) in [7, 11) is 0. The maximum atomic E-state index is 6.41. The number of aryl methyl sites for hydroxylation is 1. The minimum absolute atomic E-state index is 0.122. The summed E-state index contributed by atoms with van der Waals surface area (Å²) in [6.45, 7) is 4.20. The molecule has 2 rings (SSSR count). The molecule has 96 valence electrons. The van der Waals surface area contributed by atoms with Gasteiger partial charge in [-0.05, 0) is 44.9 Å². The molecule has 3 heteroatoms. The zero-order chi connectivity index (χ0) is 12.1. The molecule has 1 aromatic rings. The fourth-order valence-electron chi connectivity index (χ4n) is 2.63. The standard InChI is InChI=1S/C14H24N2S/c1-12-5-6-13(17-12)11-16-10-9-14(15)7-3-2-4-8-14/h5-6,16H,2-4,7-11,15H2,1H3. The quantitative estimate of drug-likeness (QED) is 0.790. The van der Waals surface area contributed by atoms with Gasteiger partial charge in [-0.3, -0.25) is 0 Å². The molecule has 1 heterocycles. The number of nitrogens with two attached hydrogens (primary N) is 1. The summed E-state index contributed by atoms with van der Waals surface area (Å²) in [5.74, 6) is 0. The van der Waals surface area contributed by atoms with Crippen molar-refractivity contribution in [2.24, 2.45) is 5.73 Å². The van der Waals surface area contributed by atoms with Crippen LogP contribution in [0.2, 0.25) is 0 Å². The Bertz CT molecular complexity index is 340. The third-order valence-corrected chi connectivity index (χ3v) is 4.74. The maximum Gasteiger partial charge on any atom is 0.0299 e. The van der Waals surface area contributed by atoms with Crippen molar-refractivity contribution >= 4 is 11.3 Å². The van der Waals surface area contributed by atoms with Crippen molar-refractivity contribution in [2.75, 3.05) is 6.54 Å². The molecular formula is C14H24N2S. The summed E-state index contributed by atoms with van der Waals surface area (Å²) in [4.78, 5) is 2.82. The Kier molecular flexibility index (Phi) is 4.60. The van der Waals surface area contributed by atoms with Crippen molar-refractivity contribution in [2.45, 2.75) is 57.5 Å². The van der Waals surface area contributed by atoms with Crippen LogP contribution in [0.3, 0.4) is 0 Å². The summed E-state index contributed by atoms with van der Waals surface area (Å²) in [5.41, 5.74) is 6.53. The van der Waals surface area contributed by atoms with Crippen LogP contribution >= 0.6 is 11.3 Å². The van der Waals surface area contributed by atoms with Gasteiger partial charge in [-0.2, -0.15) is 0 Å². The number of nitrogens with one attached hydrogen (secondary N) is 1. The summed E-state index contributed by atoms with van der Waals surface area (Å²) in [5, 5.41) is 3.52. The molecule has 2 nitrogen and oxygen atoms in total. The first-order valence-electron chi connectivity index (χ1n) is 6.73. The largest absolute Gasteiger partial charge is 0.325 e. The first-order valence-corrected chi connectivity index (χ1v) is 7.55. The van der Waals surface area contributed by atoms with Crippen molar-refractivity contribution in [3.05, 3.63) is 21.9 Å². The predicted molar refractivity (Wildman–Crippen MR) is 75.4 cm³/mol. The number of rotatable bonds is 5. The molecule has 1 aromatic heterocycles. The molecule has 0 unspecified atom stereocenters. The minimum atomic E-state index is 0.122. The van der Waals surface area contributed by atoms with E-state index in [-0.39, 0.29) is 5.54 Å². The zero-order valence-corrected chi connectivity index (χ0v) is 11.6. The van der Waals surface area contributed by atoms with Crippen molar-refractivity contribution in [1.82, 2.24) is 5.32 Å². The molecule has 0 saturated heterocycles. The van der Waals surface area contributed by atoms with E-state index in [1.165, 1.54) is 41.9 Å². The summed E-state index contributed by atoms with van der Waals surface area (Å²) >= 11 is 1.88. The van der Waals surface area contributed by atoms with Gasteiger partial charge < -0.3 is 11.1 Å². The highest BCUT2D eigenvalue weighted by atomic mass is 32.1. The van der Waals surface area contributed by atoms with E-state index in [0.29, 0.717) is 0 Å². The molecule has 3 N–H and O–H groups in total. The van der Waals surface area contributed by atoms with Crippen LogP contribution in [0.25, 0.3) is 0 Å². The van der Waals surface area contributed by atoms with E-state index >= 15 is 0 Å². The summed E-state index contributed by atoms with van der Waals surface area (Å²) in [6.07, 6.45) is 7.57. The lowest BCUT2D eigenvalue weighted by Crippen LogP contribution is -2.43. The fraction of sp³-hybridized carbons (Fsp3) is 0.714. The van der Waals surface area contributed by atoms with Gasteiger partial charge in [0.05, 0.1) is 0 Å². The SMILES string of the molecule is Cc1ccc(CNCCC2(N)CCCCC2)s1. The van der Waals surface area contributed by atoms with Crippen LogP contribution in [-0.4, -0.2) is 12.1 Å². The average Bonchev–Trinajstić information content (AvgIpc) is 2.72. The lowest BCUT2D eigenvalue weighted by atomic mass is 9.80. The zero-order valence-electron chi connectivity index (χ0n) is 10.8. The van der Waals surface area contributed by atoms with E-state index in [9.17, 15) is 0 Å². The second-order valence-corrected chi connectivity index (χ2v) is 6.73. The second kappa shape index (κ2) is 5.98. The van der Waals surface area contributed by atoms with Crippen LogP contribution in [0.1, 0.15) is 48.3 Å². The van der Waals surface area contributed by atoms with E-state index in [0.717, 1.165) is 19.5 Å². The van der Waals surface area contributed by atoms with Crippen LogP contribution in [0.4, 0.5) is 0 Å². The number of hydrogen-bond donors (Lipinski definition) is 2. The Morgan fingerprint density at radius 3 is 2.71 bits per heavy atom. The van der Waals surface area contributed by atoms with Crippen LogP contribution in [0.15, 0.2) is 12.1 Å². The summed E-state index contributed by atoms with van der Waals surface area (Å²) < 4.78 is 0. The molecule has 1 saturated carbocycles. The van der Waals surface area contributed by atoms with Crippen LogP contribution in [0, 0.1) is 6.92 Å². The molecule has 0 spiro atoms. The van der Waals surface area contributed by atoms with Gasteiger partial charge in [0.25, 0.3) is 0 Å².